The lowest BCUT2D eigenvalue weighted by Gasteiger charge is -2.18. The number of fused-ring (bicyclic) bond motifs is 1. The van der Waals surface area contributed by atoms with Crippen molar-refractivity contribution < 1.29 is 0 Å². The Balaban J connectivity index is 2.05. The predicted octanol–water partition coefficient (Wildman–Crippen LogP) is 3.41. The van der Waals surface area contributed by atoms with E-state index in [4.69, 9.17) is 5.73 Å². The number of pyridine rings is 1. The van der Waals surface area contributed by atoms with Crippen LogP contribution in [0.15, 0.2) is 36.7 Å². The van der Waals surface area contributed by atoms with Crippen molar-refractivity contribution in [2.45, 2.75) is 26.3 Å². The molecule has 21 heavy (non-hydrogen) atoms. The number of nitrogens with one attached hydrogen (secondary N) is 2. The highest BCUT2D eigenvalue weighted by atomic mass is 15.0. The quantitative estimate of drug-likeness (QED) is 0.640. The van der Waals surface area contributed by atoms with Crippen molar-refractivity contribution in [3.05, 3.63) is 48.2 Å². The second-order valence-electron chi connectivity index (χ2n) is 5.17. The molecule has 5 nitrogen and oxygen atoms in total. The summed E-state index contributed by atoms with van der Waals surface area (Å²) in [5.41, 5.74) is 9.61. The van der Waals surface area contributed by atoms with Crippen LogP contribution in [-0.4, -0.2) is 15.0 Å². The molecule has 0 spiro atoms. The topological polar surface area (TPSA) is 79.6 Å². The van der Waals surface area contributed by atoms with Gasteiger partial charge in [0.25, 0.3) is 0 Å². The molecule has 0 saturated heterocycles. The van der Waals surface area contributed by atoms with E-state index in [-0.39, 0.29) is 6.04 Å². The fraction of sp³-hybridized carbons (Fsp3) is 0.250. The van der Waals surface area contributed by atoms with Crippen LogP contribution in [0.1, 0.15) is 30.9 Å². The van der Waals surface area contributed by atoms with Crippen LogP contribution in [0.2, 0.25) is 0 Å². The fourth-order valence-corrected chi connectivity index (χ4v) is 2.51. The maximum atomic E-state index is 5.91. The van der Waals surface area contributed by atoms with Crippen LogP contribution in [0.3, 0.4) is 0 Å². The first-order valence-corrected chi connectivity index (χ1v) is 7.10. The number of aromatic nitrogens is 3. The molecule has 3 aromatic rings. The molecule has 0 aliphatic heterocycles. The Bertz CT molecular complexity index is 749. The molecule has 4 N–H and O–H groups in total. The summed E-state index contributed by atoms with van der Waals surface area (Å²) in [6.45, 7) is 4.12. The Morgan fingerprint density at radius 2 is 2.19 bits per heavy atom. The number of rotatable bonds is 4. The number of nitrogens with two attached hydrogens (primary N) is 1. The maximum Gasteiger partial charge on any atom is 0.128 e. The molecule has 0 amide bonds. The van der Waals surface area contributed by atoms with Crippen molar-refractivity contribution in [1.82, 2.24) is 15.0 Å². The Hall–Kier alpha value is -2.56. The number of hydrogen-bond acceptors (Lipinski definition) is 4. The number of hydrogen-bond donors (Lipinski definition) is 3. The summed E-state index contributed by atoms with van der Waals surface area (Å²) in [4.78, 5) is 12.1. The van der Waals surface area contributed by atoms with Gasteiger partial charge in [-0.25, -0.2) is 4.98 Å². The van der Waals surface area contributed by atoms with Gasteiger partial charge in [0.1, 0.15) is 5.82 Å². The number of imidazole rings is 1. The third kappa shape index (κ3) is 2.67. The molecule has 1 unspecified atom stereocenters. The largest absolute Gasteiger partial charge is 0.399 e. The van der Waals surface area contributed by atoms with Gasteiger partial charge in [-0.3, -0.25) is 4.98 Å². The molecular formula is C16H19N5. The number of nitrogen functional groups attached to an aromatic ring is 1. The van der Waals surface area contributed by atoms with Gasteiger partial charge in [0, 0.05) is 34.8 Å². The Morgan fingerprint density at radius 1 is 1.33 bits per heavy atom. The number of aryl methyl sites for hydroxylation is 1. The first-order valence-electron chi connectivity index (χ1n) is 7.10. The maximum absolute atomic E-state index is 5.91. The van der Waals surface area contributed by atoms with Crippen LogP contribution < -0.4 is 11.1 Å². The van der Waals surface area contributed by atoms with E-state index in [0.717, 1.165) is 40.2 Å². The van der Waals surface area contributed by atoms with Crippen LogP contribution in [0.4, 0.5) is 11.4 Å². The van der Waals surface area contributed by atoms with Crippen LogP contribution in [-0.2, 0) is 0 Å². The lowest BCUT2D eigenvalue weighted by Crippen LogP contribution is -2.12. The van der Waals surface area contributed by atoms with E-state index < -0.39 is 0 Å². The van der Waals surface area contributed by atoms with Crippen molar-refractivity contribution in [2.24, 2.45) is 0 Å². The average Bonchev–Trinajstić information content (AvgIpc) is 2.99. The third-order valence-corrected chi connectivity index (χ3v) is 3.55. The second-order valence-corrected chi connectivity index (χ2v) is 5.17. The van der Waals surface area contributed by atoms with Gasteiger partial charge in [0.15, 0.2) is 0 Å². The van der Waals surface area contributed by atoms with Crippen LogP contribution in [0, 0.1) is 6.92 Å². The first-order chi connectivity index (χ1) is 10.2. The molecule has 5 heteroatoms. The number of benzene rings is 1. The van der Waals surface area contributed by atoms with E-state index in [1.54, 1.807) is 6.20 Å². The highest BCUT2D eigenvalue weighted by molar-refractivity contribution is 5.93. The van der Waals surface area contributed by atoms with Gasteiger partial charge in [-0.1, -0.05) is 6.92 Å². The van der Waals surface area contributed by atoms with Crippen molar-refractivity contribution in [1.29, 1.82) is 0 Å². The standard InChI is InChI=1S/C16H19N5/c1-3-13(16-18-6-7-19-16)21-15-8-10(2)20-14-5-4-11(17)9-12(14)15/h4-9,13H,3,17H2,1-2H3,(H,18,19)(H,20,21). The van der Waals surface area contributed by atoms with Crippen LogP contribution in [0.25, 0.3) is 10.9 Å². The third-order valence-electron chi connectivity index (χ3n) is 3.55. The zero-order valence-electron chi connectivity index (χ0n) is 12.2. The van der Waals surface area contributed by atoms with Gasteiger partial charge in [-0.05, 0) is 37.6 Å². The van der Waals surface area contributed by atoms with Crippen molar-refractivity contribution in [3.8, 4) is 0 Å². The summed E-state index contributed by atoms with van der Waals surface area (Å²) < 4.78 is 0. The molecule has 0 bridgehead atoms. The van der Waals surface area contributed by atoms with E-state index in [0.29, 0.717) is 0 Å². The molecule has 0 saturated carbocycles. The molecule has 2 aromatic heterocycles. The minimum Gasteiger partial charge on any atom is -0.399 e. The van der Waals surface area contributed by atoms with Gasteiger partial charge in [0.2, 0.25) is 0 Å². The lowest BCUT2D eigenvalue weighted by atomic mass is 10.1. The Labute approximate surface area is 123 Å². The monoisotopic (exact) mass is 281 g/mol. The molecule has 1 aromatic carbocycles. The summed E-state index contributed by atoms with van der Waals surface area (Å²) >= 11 is 0. The summed E-state index contributed by atoms with van der Waals surface area (Å²) in [5.74, 6) is 0.934. The molecule has 108 valence electrons. The van der Waals surface area contributed by atoms with Gasteiger partial charge in [0.05, 0.1) is 11.6 Å². The highest BCUT2D eigenvalue weighted by Gasteiger charge is 2.13. The summed E-state index contributed by atoms with van der Waals surface area (Å²) in [5, 5.41) is 4.59. The van der Waals surface area contributed by atoms with E-state index in [9.17, 15) is 0 Å². The smallest absolute Gasteiger partial charge is 0.128 e. The number of H-pyrrole nitrogens is 1. The lowest BCUT2D eigenvalue weighted by molar-refractivity contribution is 0.705. The summed E-state index contributed by atoms with van der Waals surface area (Å²) in [6, 6.07) is 7.97. The first kappa shape index (κ1) is 13.4. The zero-order valence-corrected chi connectivity index (χ0v) is 12.2. The normalized spacial score (nSPS) is 12.5. The number of anilines is 2. The van der Waals surface area contributed by atoms with Gasteiger partial charge < -0.3 is 16.0 Å². The minimum absolute atomic E-state index is 0.131. The minimum atomic E-state index is 0.131. The summed E-state index contributed by atoms with van der Waals surface area (Å²) in [7, 11) is 0. The molecule has 0 radical (unpaired) electrons. The fourth-order valence-electron chi connectivity index (χ4n) is 2.51. The van der Waals surface area contributed by atoms with Crippen molar-refractivity contribution >= 4 is 22.3 Å². The molecule has 0 fully saturated rings. The van der Waals surface area contributed by atoms with Gasteiger partial charge in [-0.15, -0.1) is 0 Å². The molecule has 1 atom stereocenters. The van der Waals surface area contributed by atoms with Crippen LogP contribution >= 0.6 is 0 Å². The molecule has 0 aliphatic rings. The van der Waals surface area contributed by atoms with E-state index in [2.05, 4.69) is 27.2 Å². The number of nitrogens with zero attached hydrogens (tertiary/aromatic N) is 2. The predicted molar refractivity (Wildman–Crippen MR) is 86.1 cm³/mol. The Kier molecular flexibility index (Phi) is 3.48. The molecule has 3 rings (SSSR count). The zero-order chi connectivity index (χ0) is 14.8. The average molecular weight is 281 g/mol. The van der Waals surface area contributed by atoms with Gasteiger partial charge in [-0.2, -0.15) is 0 Å². The molecule has 0 aliphatic carbocycles. The van der Waals surface area contributed by atoms with E-state index in [1.807, 2.05) is 37.4 Å². The van der Waals surface area contributed by atoms with E-state index >= 15 is 0 Å². The van der Waals surface area contributed by atoms with E-state index in [1.165, 1.54) is 0 Å². The van der Waals surface area contributed by atoms with Crippen molar-refractivity contribution in [3.63, 3.8) is 0 Å². The molecular weight excluding hydrogens is 262 g/mol. The second kappa shape index (κ2) is 5.44. The number of aromatic amines is 1. The Morgan fingerprint density at radius 3 is 2.90 bits per heavy atom. The highest BCUT2D eigenvalue weighted by Crippen LogP contribution is 2.29. The SMILES string of the molecule is CCC(Nc1cc(C)nc2ccc(N)cc12)c1ncc[nH]1. The van der Waals surface area contributed by atoms with Crippen LogP contribution in [0.5, 0.6) is 0 Å². The molecule has 2 heterocycles. The van der Waals surface area contributed by atoms with Gasteiger partial charge >= 0.3 is 0 Å². The summed E-state index contributed by atoms with van der Waals surface area (Å²) in [6.07, 6.45) is 4.54. The van der Waals surface area contributed by atoms with Crippen molar-refractivity contribution in [2.75, 3.05) is 11.1 Å².